The number of likely N-dealkylation sites (tertiary alicyclic amines) is 1. The first-order chi connectivity index (χ1) is 10.4. The molecule has 6 heteroatoms. The van der Waals surface area contributed by atoms with E-state index >= 15 is 0 Å². The number of nitrogens with one attached hydrogen (secondary N) is 1. The number of rotatable bonds is 5. The molecule has 2 heterocycles. The zero-order valence-electron chi connectivity index (χ0n) is 14.5. The minimum Gasteiger partial charge on any atom is -0.338 e. The summed E-state index contributed by atoms with van der Waals surface area (Å²) in [5.74, 6) is 0.601. The van der Waals surface area contributed by atoms with Crippen molar-refractivity contribution in [1.29, 1.82) is 0 Å². The summed E-state index contributed by atoms with van der Waals surface area (Å²) in [6.07, 6.45) is 2.01. The van der Waals surface area contributed by atoms with Crippen molar-refractivity contribution in [3.8, 4) is 0 Å². The van der Waals surface area contributed by atoms with Crippen molar-refractivity contribution in [2.24, 2.45) is 13.0 Å². The number of hydrogen-bond donors (Lipinski definition) is 1. The second-order valence-corrected chi connectivity index (χ2v) is 6.55. The summed E-state index contributed by atoms with van der Waals surface area (Å²) in [5.41, 5.74) is 3.47. The Kier molecular flexibility index (Phi) is 5.45. The van der Waals surface area contributed by atoms with E-state index in [0.29, 0.717) is 12.5 Å². The molecule has 6 nitrogen and oxygen atoms in total. The number of urea groups is 1. The molecule has 1 aliphatic rings. The third-order valence-electron chi connectivity index (χ3n) is 4.68. The summed E-state index contributed by atoms with van der Waals surface area (Å²) in [5, 5.41) is 7.42. The van der Waals surface area contributed by atoms with E-state index in [2.05, 4.69) is 29.3 Å². The van der Waals surface area contributed by atoms with Crippen molar-refractivity contribution < 1.29 is 4.79 Å². The second-order valence-electron chi connectivity index (χ2n) is 6.55. The number of carbonyl (C=O) groups is 1. The van der Waals surface area contributed by atoms with Crippen LogP contribution in [0.4, 0.5) is 4.79 Å². The van der Waals surface area contributed by atoms with Gasteiger partial charge < -0.3 is 15.1 Å². The Bertz CT molecular complexity index is 525. The number of carbonyl (C=O) groups excluding carboxylic acids is 1. The first-order valence-corrected chi connectivity index (χ1v) is 8.05. The van der Waals surface area contributed by atoms with Crippen LogP contribution in [0.25, 0.3) is 0 Å². The van der Waals surface area contributed by atoms with Gasteiger partial charge in [-0.25, -0.2) is 4.79 Å². The minimum atomic E-state index is 0.0220. The summed E-state index contributed by atoms with van der Waals surface area (Å²) >= 11 is 0. The van der Waals surface area contributed by atoms with Crippen LogP contribution in [-0.4, -0.2) is 65.9 Å². The Labute approximate surface area is 133 Å². The maximum absolute atomic E-state index is 12.2. The van der Waals surface area contributed by atoms with Gasteiger partial charge in [-0.2, -0.15) is 5.10 Å². The van der Waals surface area contributed by atoms with E-state index in [1.165, 1.54) is 17.7 Å². The summed E-state index contributed by atoms with van der Waals surface area (Å²) in [6, 6.07) is 0.0220. The number of aryl methyl sites for hydroxylation is 2. The Morgan fingerprint density at radius 3 is 2.68 bits per heavy atom. The van der Waals surface area contributed by atoms with Crippen LogP contribution in [0.1, 0.15) is 23.4 Å². The van der Waals surface area contributed by atoms with Gasteiger partial charge in [-0.05, 0) is 51.8 Å². The van der Waals surface area contributed by atoms with E-state index in [0.717, 1.165) is 31.7 Å². The van der Waals surface area contributed by atoms with Crippen molar-refractivity contribution >= 4 is 6.03 Å². The van der Waals surface area contributed by atoms with Crippen molar-refractivity contribution in [2.75, 3.05) is 40.3 Å². The topological polar surface area (TPSA) is 53.4 Å². The Morgan fingerprint density at radius 2 is 2.14 bits per heavy atom. The summed E-state index contributed by atoms with van der Waals surface area (Å²) < 4.78 is 1.90. The lowest BCUT2D eigenvalue weighted by molar-refractivity contribution is 0.200. The molecule has 0 aliphatic carbocycles. The van der Waals surface area contributed by atoms with E-state index in [1.807, 2.05) is 30.6 Å². The van der Waals surface area contributed by atoms with Gasteiger partial charge in [0.15, 0.2) is 0 Å². The highest BCUT2D eigenvalue weighted by molar-refractivity contribution is 5.73. The van der Waals surface area contributed by atoms with Crippen molar-refractivity contribution in [2.45, 2.75) is 26.7 Å². The maximum atomic E-state index is 12.2. The van der Waals surface area contributed by atoms with Crippen LogP contribution in [0, 0.1) is 19.8 Å². The van der Waals surface area contributed by atoms with Gasteiger partial charge in [0, 0.05) is 39.4 Å². The fourth-order valence-corrected chi connectivity index (χ4v) is 3.25. The molecule has 0 spiro atoms. The van der Waals surface area contributed by atoms with Crippen molar-refractivity contribution in [3.05, 3.63) is 17.0 Å². The SMILES string of the molecule is Cc1nn(C)c(C)c1CCNC(=O)N(C)CC1CCN(C)C1. The maximum Gasteiger partial charge on any atom is 0.317 e. The number of nitrogens with zero attached hydrogens (tertiary/aromatic N) is 4. The largest absolute Gasteiger partial charge is 0.338 e. The molecule has 1 unspecified atom stereocenters. The molecule has 2 amide bonds. The molecular formula is C16H29N5O. The lowest BCUT2D eigenvalue weighted by Crippen LogP contribution is -2.41. The van der Waals surface area contributed by atoms with Gasteiger partial charge in [-0.3, -0.25) is 4.68 Å². The highest BCUT2D eigenvalue weighted by Crippen LogP contribution is 2.15. The quantitative estimate of drug-likeness (QED) is 0.888. The normalized spacial score (nSPS) is 18.7. The molecule has 0 saturated carbocycles. The Morgan fingerprint density at radius 1 is 1.41 bits per heavy atom. The average molecular weight is 307 g/mol. The summed E-state index contributed by atoms with van der Waals surface area (Å²) in [6.45, 7) is 7.81. The molecule has 124 valence electrons. The standard InChI is InChI=1S/C16H29N5O/c1-12-15(13(2)21(5)18-12)6-8-17-16(22)20(4)11-14-7-9-19(3)10-14/h14H,6-11H2,1-5H3,(H,17,22). The van der Waals surface area contributed by atoms with Crippen LogP contribution >= 0.6 is 0 Å². The van der Waals surface area contributed by atoms with Crippen LogP contribution < -0.4 is 5.32 Å². The predicted octanol–water partition coefficient (Wildman–Crippen LogP) is 1.17. The van der Waals surface area contributed by atoms with E-state index in [9.17, 15) is 4.79 Å². The average Bonchev–Trinajstić information content (AvgIpc) is 2.96. The molecule has 1 aliphatic heterocycles. The van der Waals surface area contributed by atoms with Gasteiger partial charge in [0.25, 0.3) is 0 Å². The van der Waals surface area contributed by atoms with Crippen LogP contribution in [0.3, 0.4) is 0 Å². The molecule has 22 heavy (non-hydrogen) atoms. The van der Waals surface area contributed by atoms with Crippen molar-refractivity contribution in [1.82, 2.24) is 24.9 Å². The zero-order valence-corrected chi connectivity index (χ0v) is 14.5. The molecule has 1 fully saturated rings. The van der Waals surface area contributed by atoms with E-state index in [-0.39, 0.29) is 6.03 Å². The number of aromatic nitrogens is 2. The molecule has 1 aromatic heterocycles. The summed E-state index contributed by atoms with van der Waals surface area (Å²) in [4.78, 5) is 16.3. The molecule has 0 bridgehead atoms. The molecule has 1 N–H and O–H groups in total. The van der Waals surface area contributed by atoms with Gasteiger partial charge in [0.2, 0.25) is 0 Å². The fraction of sp³-hybridized carbons (Fsp3) is 0.750. The predicted molar refractivity (Wildman–Crippen MR) is 88.0 cm³/mol. The number of hydrogen-bond acceptors (Lipinski definition) is 3. The minimum absolute atomic E-state index is 0.0220. The molecule has 1 saturated heterocycles. The number of amides is 2. The van der Waals surface area contributed by atoms with E-state index in [1.54, 1.807) is 0 Å². The van der Waals surface area contributed by atoms with Crippen LogP contribution in [0.2, 0.25) is 0 Å². The van der Waals surface area contributed by atoms with Gasteiger partial charge >= 0.3 is 6.03 Å². The smallest absolute Gasteiger partial charge is 0.317 e. The molecule has 2 rings (SSSR count). The highest BCUT2D eigenvalue weighted by atomic mass is 16.2. The highest BCUT2D eigenvalue weighted by Gasteiger charge is 2.22. The van der Waals surface area contributed by atoms with Crippen molar-refractivity contribution in [3.63, 3.8) is 0 Å². The monoisotopic (exact) mass is 307 g/mol. The fourth-order valence-electron chi connectivity index (χ4n) is 3.25. The van der Waals surface area contributed by atoms with Crippen LogP contribution in [0.15, 0.2) is 0 Å². The van der Waals surface area contributed by atoms with Gasteiger partial charge in [0.05, 0.1) is 5.69 Å². The second kappa shape index (κ2) is 7.13. The van der Waals surface area contributed by atoms with Gasteiger partial charge in [0.1, 0.15) is 0 Å². The van der Waals surface area contributed by atoms with Crippen LogP contribution in [-0.2, 0) is 13.5 Å². The Hall–Kier alpha value is -1.56. The third kappa shape index (κ3) is 4.00. The molecule has 1 atom stereocenters. The molecule has 0 aromatic carbocycles. The Balaban J connectivity index is 1.75. The first kappa shape index (κ1) is 16.8. The molecule has 1 aromatic rings. The van der Waals surface area contributed by atoms with Gasteiger partial charge in [-0.15, -0.1) is 0 Å². The third-order valence-corrected chi connectivity index (χ3v) is 4.68. The lowest BCUT2D eigenvalue weighted by atomic mass is 10.1. The van der Waals surface area contributed by atoms with Gasteiger partial charge in [-0.1, -0.05) is 0 Å². The lowest BCUT2D eigenvalue weighted by Gasteiger charge is -2.21. The van der Waals surface area contributed by atoms with E-state index in [4.69, 9.17) is 0 Å². The van der Waals surface area contributed by atoms with Crippen LogP contribution in [0.5, 0.6) is 0 Å². The first-order valence-electron chi connectivity index (χ1n) is 8.05. The molecule has 0 radical (unpaired) electrons. The summed E-state index contributed by atoms with van der Waals surface area (Å²) in [7, 11) is 5.98. The van der Waals surface area contributed by atoms with E-state index < -0.39 is 0 Å². The molecular weight excluding hydrogens is 278 g/mol. The zero-order chi connectivity index (χ0) is 16.3.